The van der Waals surface area contributed by atoms with E-state index in [1.165, 1.54) is 25.3 Å². The summed E-state index contributed by atoms with van der Waals surface area (Å²) in [5, 5.41) is 11.9. The van der Waals surface area contributed by atoms with Gasteiger partial charge in [0.1, 0.15) is 0 Å². The molecule has 0 aliphatic heterocycles. The molecule has 2 N–H and O–H groups in total. The molecule has 0 heterocycles. The minimum absolute atomic E-state index is 0.106. The molecule has 6 heteroatoms. The lowest BCUT2D eigenvalue weighted by Gasteiger charge is -2.13. The number of amides is 1. The minimum Gasteiger partial charge on any atom is -0.478 e. The van der Waals surface area contributed by atoms with E-state index < -0.39 is 11.9 Å². The fourth-order valence-electron chi connectivity index (χ4n) is 2.58. The number of carboxylic acids is 1. The highest BCUT2D eigenvalue weighted by atomic mass is 16.5. The number of hydrogen-bond acceptors (Lipinski definition) is 4. The van der Waals surface area contributed by atoms with Gasteiger partial charge in [-0.3, -0.25) is 4.79 Å². The summed E-state index contributed by atoms with van der Waals surface area (Å²) in [6, 6.07) is 9.33. The Bertz CT molecular complexity index is 930. The van der Waals surface area contributed by atoms with Gasteiger partial charge in [0.2, 0.25) is 0 Å². The molecule has 0 fully saturated rings. The summed E-state index contributed by atoms with van der Waals surface area (Å²) in [5.41, 5.74) is 3.27. The first-order chi connectivity index (χ1) is 12.7. The van der Waals surface area contributed by atoms with E-state index >= 15 is 0 Å². The predicted molar refractivity (Wildman–Crippen MR) is 102 cm³/mol. The van der Waals surface area contributed by atoms with Crippen LogP contribution >= 0.6 is 0 Å². The maximum atomic E-state index is 12.3. The van der Waals surface area contributed by atoms with E-state index in [0.29, 0.717) is 23.2 Å². The highest BCUT2D eigenvalue weighted by Crippen LogP contribution is 2.29. The number of esters is 1. The highest BCUT2D eigenvalue weighted by Gasteiger charge is 2.19. The summed E-state index contributed by atoms with van der Waals surface area (Å²) in [4.78, 5) is 35.9. The van der Waals surface area contributed by atoms with Gasteiger partial charge in [0.15, 0.2) is 0 Å². The van der Waals surface area contributed by atoms with Crippen molar-refractivity contribution in [1.82, 2.24) is 5.32 Å². The summed E-state index contributed by atoms with van der Waals surface area (Å²) >= 11 is 0. The SMILES string of the molecule is C=C(C)CNC(=O)c1ccc(-c2cc(C(=O)O)ccc2C)c(C(=O)OC)c1. The predicted octanol–water partition coefficient (Wildman–Crippen LogP) is 3.45. The Morgan fingerprint density at radius 3 is 2.33 bits per heavy atom. The molecule has 1 amide bonds. The molecule has 0 atom stereocenters. The summed E-state index contributed by atoms with van der Waals surface area (Å²) in [5.74, 6) is -2.02. The van der Waals surface area contributed by atoms with E-state index in [2.05, 4.69) is 11.9 Å². The largest absolute Gasteiger partial charge is 0.478 e. The van der Waals surface area contributed by atoms with Crippen LogP contribution in [0, 0.1) is 6.92 Å². The fourth-order valence-corrected chi connectivity index (χ4v) is 2.58. The van der Waals surface area contributed by atoms with Gasteiger partial charge >= 0.3 is 11.9 Å². The molecule has 140 valence electrons. The molecule has 0 aliphatic carbocycles. The zero-order chi connectivity index (χ0) is 20.1. The smallest absolute Gasteiger partial charge is 0.338 e. The van der Waals surface area contributed by atoms with Crippen molar-refractivity contribution in [2.24, 2.45) is 0 Å². The molecular weight excluding hydrogens is 346 g/mol. The van der Waals surface area contributed by atoms with Crippen LogP contribution in [0.1, 0.15) is 43.6 Å². The van der Waals surface area contributed by atoms with Gasteiger partial charge in [0.05, 0.1) is 18.2 Å². The molecule has 0 spiro atoms. The van der Waals surface area contributed by atoms with Crippen LogP contribution < -0.4 is 5.32 Å². The number of aromatic carboxylic acids is 1. The molecule has 6 nitrogen and oxygen atoms in total. The average Bonchev–Trinajstić information content (AvgIpc) is 2.65. The molecule has 0 saturated carbocycles. The molecule has 0 unspecified atom stereocenters. The second-order valence-electron chi connectivity index (χ2n) is 6.23. The quantitative estimate of drug-likeness (QED) is 0.602. The normalized spacial score (nSPS) is 10.2. The molecule has 2 aromatic rings. The van der Waals surface area contributed by atoms with E-state index in [4.69, 9.17) is 4.74 Å². The third-order valence-corrected chi connectivity index (χ3v) is 4.01. The van der Waals surface area contributed by atoms with Crippen molar-refractivity contribution in [3.63, 3.8) is 0 Å². The Morgan fingerprint density at radius 2 is 1.74 bits per heavy atom. The van der Waals surface area contributed by atoms with Crippen molar-refractivity contribution in [2.45, 2.75) is 13.8 Å². The van der Waals surface area contributed by atoms with Crippen LogP contribution in [-0.2, 0) is 4.74 Å². The minimum atomic E-state index is -1.06. The van der Waals surface area contributed by atoms with Crippen LogP contribution in [-0.4, -0.2) is 36.6 Å². The van der Waals surface area contributed by atoms with Crippen molar-refractivity contribution in [3.8, 4) is 11.1 Å². The van der Waals surface area contributed by atoms with Gasteiger partial charge in [-0.05, 0) is 54.8 Å². The molecular formula is C21H21NO5. The topological polar surface area (TPSA) is 92.7 Å². The van der Waals surface area contributed by atoms with Gasteiger partial charge < -0.3 is 15.2 Å². The fraction of sp³-hybridized carbons (Fsp3) is 0.190. The molecule has 0 aliphatic rings. The molecule has 0 bridgehead atoms. The lowest BCUT2D eigenvalue weighted by Crippen LogP contribution is -2.25. The first kappa shape index (κ1) is 19.9. The maximum Gasteiger partial charge on any atom is 0.338 e. The number of ether oxygens (including phenoxy) is 1. The number of carboxylic acid groups (broad SMARTS) is 1. The van der Waals surface area contributed by atoms with Gasteiger partial charge in [-0.2, -0.15) is 0 Å². The van der Waals surface area contributed by atoms with E-state index in [1.54, 1.807) is 25.1 Å². The van der Waals surface area contributed by atoms with Gasteiger partial charge in [-0.25, -0.2) is 9.59 Å². The van der Waals surface area contributed by atoms with Crippen LogP contribution in [0.15, 0.2) is 48.6 Å². The van der Waals surface area contributed by atoms with E-state index in [9.17, 15) is 19.5 Å². The molecule has 0 radical (unpaired) electrons. The van der Waals surface area contributed by atoms with Crippen LogP contribution in [0.3, 0.4) is 0 Å². The number of benzene rings is 2. The van der Waals surface area contributed by atoms with Crippen molar-refractivity contribution >= 4 is 17.8 Å². The van der Waals surface area contributed by atoms with Crippen LogP contribution in [0.5, 0.6) is 0 Å². The van der Waals surface area contributed by atoms with Crippen LogP contribution in [0.2, 0.25) is 0 Å². The lowest BCUT2D eigenvalue weighted by molar-refractivity contribution is 0.0600. The van der Waals surface area contributed by atoms with Crippen molar-refractivity contribution in [1.29, 1.82) is 0 Å². The molecule has 0 saturated heterocycles. The lowest BCUT2D eigenvalue weighted by atomic mass is 9.93. The highest BCUT2D eigenvalue weighted by molar-refractivity contribution is 6.03. The number of hydrogen-bond donors (Lipinski definition) is 2. The number of rotatable bonds is 6. The first-order valence-corrected chi connectivity index (χ1v) is 8.24. The van der Waals surface area contributed by atoms with Gasteiger partial charge in [-0.15, -0.1) is 0 Å². The number of aryl methyl sites for hydroxylation is 1. The van der Waals surface area contributed by atoms with Crippen molar-refractivity contribution in [2.75, 3.05) is 13.7 Å². The Hall–Kier alpha value is -3.41. The Kier molecular flexibility index (Phi) is 6.13. The Morgan fingerprint density at radius 1 is 1.07 bits per heavy atom. The molecule has 27 heavy (non-hydrogen) atoms. The van der Waals surface area contributed by atoms with Crippen LogP contribution in [0.4, 0.5) is 0 Å². The van der Waals surface area contributed by atoms with Gasteiger partial charge in [-0.1, -0.05) is 24.3 Å². The number of methoxy groups -OCH3 is 1. The van der Waals surface area contributed by atoms with Crippen molar-refractivity contribution < 1.29 is 24.2 Å². The Balaban J connectivity index is 2.56. The van der Waals surface area contributed by atoms with Gasteiger partial charge in [0.25, 0.3) is 5.91 Å². The molecule has 2 aromatic carbocycles. The number of carbonyl (C=O) groups excluding carboxylic acids is 2. The Labute approximate surface area is 157 Å². The van der Waals surface area contributed by atoms with Gasteiger partial charge in [0, 0.05) is 12.1 Å². The average molecular weight is 367 g/mol. The zero-order valence-corrected chi connectivity index (χ0v) is 15.5. The third-order valence-electron chi connectivity index (χ3n) is 4.01. The van der Waals surface area contributed by atoms with E-state index in [-0.39, 0.29) is 17.0 Å². The van der Waals surface area contributed by atoms with E-state index in [0.717, 1.165) is 11.1 Å². The third kappa shape index (κ3) is 4.61. The van der Waals surface area contributed by atoms with Crippen molar-refractivity contribution in [3.05, 3.63) is 70.8 Å². The second kappa shape index (κ2) is 8.31. The van der Waals surface area contributed by atoms with E-state index in [1.807, 2.05) is 6.92 Å². The summed E-state index contributed by atoms with van der Waals surface area (Å²) in [6.07, 6.45) is 0. The summed E-state index contributed by atoms with van der Waals surface area (Å²) in [6.45, 7) is 7.66. The molecule has 2 rings (SSSR count). The summed E-state index contributed by atoms with van der Waals surface area (Å²) < 4.78 is 4.85. The second-order valence-corrected chi connectivity index (χ2v) is 6.23. The first-order valence-electron chi connectivity index (χ1n) is 8.24. The summed E-state index contributed by atoms with van der Waals surface area (Å²) in [7, 11) is 1.25. The number of nitrogens with one attached hydrogen (secondary N) is 1. The molecule has 0 aromatic heterocycles. The zero-order valence-electron chi connectivity index (χ0n) is 15.5. The monoisotopic (exact) mass is 367 g/mol. The standard InChI is InChI=1S/C21H21NO5/c1-12(2)11-22-19(23)14-7-8-16(18(9-14)21(26)27-4)17-10-15(20(24)25)6-5-13(17)3/h5-10H,1,11H2,2-4H3,(H,22,23)(H,24,25). The number of carbonyl (C=O) groups is 3. The maximum absolute atomic E-state index is 12.3. The van der Waals surface area contributed by atoms with Crippen LogP contribution in [0.25, 0.3) is 11.1 Å².